The Morgan fingerprint density at radius 1 is 1.40 bits per heavy atom. The molecule has 0 atom stereocenters. The summed E-state index contributed by atoms with van der Waals surface area (Å²) in [6, 6.07) is 10.1. The van der Waals surface area contributed by atoms with Gasteiger partial charge in [0.2, 0.25) is 0 Å². The first-order valence-electron chi connectivity index (χ1n) is 5.62. The number of benzene rings is 1. The Hall–Kier alpha value is -2.39. The Kier molecular flexibility index (Phi) is 4.33. The van der Waals surface area contributed by atoms with Crippen molar-refractivity contribution in [2.45, 2.75) is 6.61 Å². The van der Waals surface area contributed by atoms with Crippen LogP contribution in [0.1, 0.15) is 21.6 Å². The number of nitrogens with zero attached hydrogens (tertiary/aromatic N) is 2. The van der Waals surface area contributed by atoms with Gasteiger partial charge in [0.15, 0.2) is 0 Å². The van der Waals surface area contributed by atoms with Crippen LogP contribution in [0.25, 0.3) is 0 Å². The summed E-state index contributed by atoms with van der Waals surface area (Å²) in [5, 5.41) is 18.1. The molecular formula is C14H9BrN2O3. The van der Waals surface area contributed by atoms with Crippen molar-refractivity contribution in [3.63, 3.8) is 0 Å². The number of carboxylic acid groups (broad SMARTS) is 1. The lowest BCUT2D eigenvalue weighted by Gasteiger charge is -2.11. The standard InChI is InChI=1S/C14H9BrN2O3/c15-11-5-1-4-10(14(18)19)13(11)20-8-9-3-2-6-17-12(9)7-16/h1-6H,8H2,(H,18,19). The smallest absolute Gasteiger partial charge is 0.339 e. The summed E-state index contributed by atoms with van der Waals surface area (Å²) < 4.78 is 6.08. The van der Waals surface area contributed by atoms with Crippen LogP contribution in [0.3, 0.4) is 0 Å². The number of carboxylic acids is 1. The molecule has 0 saturated carbocycles. The average Bonchev–Trinajstić information content (AvgIpc) is 2.46. The van der Waals surface area contributed by atoms with E-state index in [1.165, 1.54) is 12.3 Å². The summed E-state index contributed by atoms with van der Waals surface area (Å²) >= 11 is 3.26. The molecular weight excluding hydrogens is 324 g/mol. The second kappa shape index (κ2) is 6.17. The lowest BCUT2D eigenvalue weighted by atomic mass is 10.2. The fraction of sp³-hybridized carbons (Fsp3) is 0.0714. The van der Waals surface area contributed by atoms with Crippen LogP contribution >= 0.6 is 15.9 Å². The van der Waals surface area contributed by atoms with Crippen molar-refractivity contribution in [1.82, 2.24) is 4.98 Å². The number of carbonyl (C=O) groups is 1. The van der Waals surface area contributed by atoms with E-state index in [2.05, 4.69) is 20.9 Å². The van der Waals surface area contributed by atoms with Crippen LogP contribution in [0.4, 0.5) is 0 Å². The van der Waals surface area contributed by atoms with E-state index in [1.807, 2.05) is 6.07 Å². The van der Waals surface area contributed by atoms with Gasteiger partial charge in [0.25, 0.3) is 0 Å². The summed E-state index contributed by atoms with van der Waals surface area (Å²) in [6.07, 6.45) is 1.52. The van der Waals surface area contributed by atoms with E-state index < -0.39 is 5.97 Å². The zero-order valence-electron chi connectivity index (χ0n) is 10.2. The summed E-state index contributed by atoms with van der Waals surface area (Å²) in [7, 11) is 0. The fourth-order valence-electron chi connectivity index (χ4n) is 1.63. The number of aromatic carboxylic acids is 1. The number of nitriles is 1. The highest BCUT2D eigenvalue weighted by Crippen LogP contribution is 2.30. The molecule has 0 bridgehead atoms. The van der Waals surface area contributed by atoms with Gasteiger partial charge in [-0.15, -0.1) is 0 Å². The number of para-hydroxylation sites is 1. The van der Waals surface area contributed by atoms with Gasteiger partial charge in [-0.3, -0.25) is 0 Å². The molecule has 100 valence electrons. The molecule has 1 heterocycles. The van der Waals surface area contributed by atoms with Crippen molar-refractivity contribution < 1.29 is 14.6 Å². The number of ether oxygens (including phenoxy) is 1. The SMILES string of the molecule is N#Cc1ncccc1COc1c(Br)cccc1C(=O)O. The molecule has 0 radical (unpaired) electrons. The fourth-order valence-corrected chi connectivity index (χ4v) is 2.11. The van der Waals surface area contributed by atoms with Crippen LogP contribution in [0.2, 0.25) is 0 Å². The number of rotatable bonds is 4. The van der Waals surface area contributed by atoms with Gasteiger partial charge >= 0.3 is 5.97 Å². The van der Waals surface area contributed by atoms with E-state index in [-0.39, 0.29) is 23.6 Å². The molecule has 1 aromatic carbocycles. The van der Waals surface area contributed by atoms with Crippen molar-refractivity contribution >= 4 is 21.9 Å². The second-order valence-corrected chi connectivity index (χ2v) is 4.69. The van der Waals surface area contributed by atoms with Crippen LogP contribution in [0.5, 0.6) is 5.75 Å². The highest BCUT2D eigenvalue weighted by atomic mass is 79.9. The third-order valence-electron chi connectivity index (χ3n) is 2.57. The van der Waals surface area contributed by atoms with Gasteiger partial charge in [-0.05, 0) is 34.1 Å². The molecule has 0 aliphatic carbocycles. The second-order valence-electron chi connectivity index (χ2n) is 3.83. The van der Waals surface area contributed by atoms with Gasteiger partial charge in [-0.25, -0.2) is 9.78 Å². The molecule has 0 fully saturated rings. The Balaban J connectivity index is 2.28. The summed E-state index contributed by atoms with van der Waals surface area (Å²) in [5.74, 6) is -0.847. The van der Waals surface area contributed by atoms with E-state index in [0.717, 1.165) is 0 Å². The molecule has 0 aliphatic rings. The van der Waals surface area contributed by atoms with Crippen LogP contribution in [-0.4, -0.2) is 16.1 Å². The molecule has 0 saturated heterocycles. The lowest BCUT2D eigenvalue weighted by Crippen LogP contribution is -2.05. The van der Waals surface area contributed by atoms with E-state index in [4.69, 9.17) is 15.1 Å². The van der Waals surface area contributed by atoms with Crippen LogP contribution in [-0.2, 0) is 6.61 Å². The molecule has 0 amide bonds. The Labute approximate surface area is 123 Å². The van der Waals surface area contributed by atoms with Crippen LogP contribution in [0, 0.1) is 11.3 Å². The predicted molar refractivity (Wildman–Crippen MR) is 74.4 cm³/mol. The van der Waals surface area contributed by atoms with Gasteiger partial charge in [0.05, 0.1) is 4.47 Å². The molecule has 0 spiro atoms. The Morgan fingerprint density at radius 3 is 2.90 bits per heavy atom. The largest absolute Gasteiger partial charge is 0.487 e. The molecule has 2 rings (SSSR count). The molecule has 6 heteroatoms. The molecule has 5 nitrogen and oxygen atoms in total. The zero-order valence-corrected chi connectivity index (χ0v) is 11.8. The maximum atomic E-state index is 11.1. The van der Waals surface area contributed by atoms with E-state index in [1.54, 1.807) is 24.3 Å². The minimum atomic E-state index is -1.08. The summed E-state index contributed by atoms with van der Waals surface area (Å²) in [6.45, 7) is 0.0691. The van der Waals surface area contributed by atoms with Crippen molar-refractivity contribution in [3.05, 3.63) is 57.8 Å². The van der Waals surface area contributed by atoms with Crippen LogP contribution < -0.4 is 4.74 Å². The molecule has 20 heavy (non-hydrogen) atoms. The summed E-state index contributed by atoms with van der Waals surface area (Å²) in [4.78, 5) is 15.1. The minimum Gasteiger partial charge on any atom is -0.487 e. The van der Waals surface area contributed by atoms with E-state index >= 15 is 0 Å². The molecule has 1 N–H and O–H groups in total. The van der Waals surface area contributed by atoms with Gasteiger partial charge in [0, 0.05) is 11.8 Å². The number of pyridine rings is 1. The first kappa shape index (κ1) is 14.0. The number of hydrogen-bond acceptors (Lipinski definition) is 4. The molecule has 0 unspecified atom stereocenters. The number of hydrogen-bond donors (Lipinski definition) is 1. The highest BCUT2D eigenvalue weighted by molar-refractivity contribution is 9.10. The minimum absolute atomic E-state index is 0.0572. The van der Waals surface area contributed by atoms with Gasteiger partial charge < -0.3 is 9.84 Å². The van der Waals surface area contributed by atoms with Crippen molar-refractivity contribution in [2.24, 2.45) is 0 Å². The molecule has 1 aromatic heterocycles. The van der Waals surface area contributed by atoms with Gasteiger partial charge in [-0.2, -0.15) is 5.26 Å². The maximum Gasteiger partial charge on any atom is 0.339 e. The Bertz CT molecular complexity index is 695. The molecule has 2 aromatic rings. The summed E-state index contributed by atoms with van der Waals surface area (Å²) in [5.41, 5.74) is 0.917. The first-order valence-corrected chi connectivity index (χ1v) is 6.41. The quantitative estimate of drug-likeness (QED) is 0.930. The van der Waals surface area contributed by atoms with E-state index in [0.29, 0.717) is 10.0 Å². The highest BCUT2D eigenvalue weighted by Gasteiger charge is 2.15. The zero-order chi connectivity index (χ0) is 14.5. The predicted octanol–water partition coefficient (Wildman–Crippen LogP) is 2.99. The monoisotopic (exact) mass is 332 g/mol. The maximum absolute atomic E-state index is 11.1. The number of halogens is 1. The number of aromatic nitrogens is 1. The Morgan fingerprint density at radius 2 is 2.20 bits per heavy atom. The third-order valence-corrected chi connectivity index (χ3v) is 3.19. The van der Waals surface area contributed by atoms with Crippen molar-refractivity contribution in [3.8, 4) is 11.8 Å². The lowest BCUT2D eigenvalue weighted by molar-refractivity contribution is 0.0691. The first-order chi connectivity index (χ1) is 9.63. The normalized spacial score (nSPS) is 9.80. The van der Waals surface area contributed by atoms with E-state index in [9.17, 15) is 4.79 Å². The van der Waals surface area contributed by atoms with Crippen molar-refractivity contribution in [2.75, 3.05) is 0 Å². The van der Waals surface area contributed by atoms with Gasteiger partial charge in [-0.1, -0.05) is 12.1 Å². The topological polar surface area (TPSA) is 83.2 Å². The van der Waals surface area contributed by atoms with Crippen LogP contribution in [0.15, 0.2) is 41.0 Å². The average molecular weight is 333 g/mol. The van der Waals surface area contributed by atoms with Crippen molar-refractivity contribution in [1.29, 1.82) is 5.26 Å². The van der Waals surface area contributed by atoms with Gasteiger partial charge in [0.1, 0.15) is 29.7 Å². The third kappa shape index (κ3) is 2.95. The molecule has 0 aliphatic heterocycles.